The van der Waals surface area contributed by atoms with E-state index in [9.17, 15) is 8.42 Å². The third-order valence-corrected chi connectivity index (χ3v) is 3.93. The molecule has 1 rings (SSSR count). The second kappa shape index (κ2) is 7.45. The Labute approximate surface area is 109 Å². The van der Waals surface area contributed by atoms with E-state index in [1.165, 1.54) is 0 Å². The molecule has 0 bridgehead atoms. The molecule has 0 saturated carbocycles. The van der Waals surface area contributed by atoms with Crippen molar-refractivity contribution in [3.05, 3.63) is 29.6 Å². The number of aryl methyl sites for hydroxylation is 1. The summed E-state index contributed by atoms with van der Waals surface area (Å²) in [5, 5.41) is 3.07. The molecule has 5 nitrogen and oxygen atoms in total. The molecule has 0 aliphatic heterocycles. The molecular weight excluding hydrogens is 250 g/mol. The summed E-state index contributed by atoms with van der Waals surface area (Å²) in [6, 6.07) is 1.87. The van der Waals surface area contributed by atoms with Crippen molar-refractivity contribution >= 4 is 10.0 Å². The van der Waals surface area contributed by atoms with Crippen molar-refractivity contribution in [1.29, 1.82) is 0 Å². The molecule has 0 aromatic carbocycles. The summed E-state index contributed by atoms with van der Waals surface area (Å²) >= 11 is 0. The number of hydrogen-bond acceptors (Lipinski definition) is 4. The molecule has 2 N–H and O–H groups in total. The number of hydrogen-bond donors (Lipinski definition) is 2. The minimum Gasteiger partial charge on any atom is -0.316 e. The van der Waals surface area contributed by atoms with Gasteiger partial charge in [0.2, 0.25) is 10.0 Å². The molecule has 102 valence electrons. The summed E-state index contributed by atoms with van der Waals surface area (Å²) in [5.74, 6) is 0.103. The molecule has 0 saturated heterocycles. The Morgan fingerprint density at radius 2 is 2.11 bits per heavy atom. The van der Waals surface area contributed by atoms with Crippen molar-refractivity contribution in [3.8, 4) is 0 Å². The molecule has 0 aliphatic rings. The van der Waals surface area contributed by atoms with E-state index >= 15 is 0 Å². The lowest BCUT2D eigenvalue weighted by Gasteiger charge is -2.08. The molecule has 0 radical (unpaired) electrons. The number of aromatic nitrogens is 1. The lowest BCUT2D eigenvalue weighted by atomic mass is 10.2. The van der Waals surface area contributed by atoms with Gasteiger partial charge in [0.25, 0.3) is 0 Å². The molecule has 6 heteroatoms. The van der Waals surface area contributed by atoms with Gasteiger partial charge in [0.1, 0.15) is 0 Å². The van der Waals surface area contributed by atoms with E-state index < -0.39 is 10.0 Å². The first kappa shape index (κ1) is 15.1. The van der Waals surface area contributed by atoms with Crippen LogP contribution in [0.4, 0.5) is 0 Å². The van der Waals surface area contributed by atoms with E-state index in [1.54, 1.807) is 12.4 Å². The van der Waals surface area contributed by atoms with Gasteiger partial charge in [-0.25, -0.2) is 13.1 Å². The summed E-state index contributed by atoms with van der Waals surface area (Å²) in [7, 11) is -3.22. The van der Waals surface area contributed by atoms with Crippen molar-refractivity contribution in [1.82, 2.24) is 15.0 Å². The molecule has 0 aliphatic carbocycles. The topological polar surface area (TPSA) is 71.1 Å². The average Bonchev–Trinajstić information content (AvgIpc) is 2.34. The highest BCUT2D eigenvalue weighted by Crippen LogP contribution is 2.04. The Balaban J connectivity index is 2.40. The van der Waals surface area contributed by atoms with Gasteiger partial charge >= 0.3 is 0 Å². The highest BCUT2D eigenvalue weighted by atomic mass is 32.2. The third-order valence-electron chi connectivity index (χ3n) is 2.60. The predicted octanol–water partition coefficient (Wildman–Crippen LogP) is 0.809. The second-order valence-corrected chi connectivity index (χ2v) is 6.12. The summed E-state index contributed by atoms with van der Waals surface area (Å²) in [6.45, 7) is 5.61. The number of sulfonamides is 1. The van der Waals surface area contributed by atoms with E-state index in [0.29, 0.717) is 13.1 Å². The van der Waals surface area contributed by atoms with Crippen molar-refractivity contribution in [2.75, 3.05) is 18.8 Å². The Morgan fingerprint density at radius 3 is 2.78 bits per heavy atom. The molecular formula is C12H21N3O2S. The van der Waals surface area contributed by atoms with Gasteiger partial charge in [-0.05, 0) is 37.1 Å². The van der Waals surface area contributed by atoms with Crippen molar-refractivity contribution in [2.24, 2.45) is 0 Å². The number of rotatable bonds is 8. The molecule has 0 unspecified atom stereocenters. The maximum atomic E-state index is 11.7. The van der Waals surface area contributed by atoms with Crippen LogP contribution in [0.2, 0.25) is 0 Å². The Hall–Kier alpha value is -0.980. The maximum Gasteiger partial charge on any atom is 0.213 e. The van der Waals surface area contributed by atoms with Gasteiger partial charge < -0.3 is 5.32 Å². The zero-order valence-electron chi connectivity index (χ0n) is 10.9. The smallest absolute Gasteiger partial charge is 0.213 e. The fraction of sp³-hybridized carbons (Fsp3) is 0.583. The van der Waals surface area contributed by atoms with Crippen LogP contribution in [0.15, 0.2) is 18.5 Å². The summed E-state index contributed by atoms with van der Waals surface area (Å²) < 4.78 is 26.0. The molecule has 0 atom stereocenters. The van der Waals surface area contributed by atoms with E-state index in [4.69, 9.17) is 0 Å². The fourth-order valence-corrected chi connectivity index (χ4v) is 2.38. The van der Waals surface area contributed by atoms with Gasteiger partial charge in [-0.2, -0.15) is 0 Å². The van der Waals surface area contributed by atoms with Crippen LogP contribution in [0.1, 0.15) is 24.5 Å². The highest BCUT2D eigenvalue weighted by Gasteiger charge is 2.09. The minimum atomic E-state index is -3.22. The third kappa shape index (κ3) is 5.57. The zero-order valence-corrected chi connectivity index (χ0v) is 11.8. The van der Waals surface area contributed by atoms with Gasteiger partial charge in [0, 0.05) is 25.5 Å². The van der Waals surface area contributed by atoms with Crippen molar-refractivity contribution < 1.29 is 8.42 Å². The second-order valence-electron chi connectivity index (χ2n) is 4.19. The van der Waals surface area contributed by atoms with E-state index in [-0.39, 0.29) is 5.75 Å². The van der Waals surface area contributed by atoms with Crippen LogP contribution in [0.5, 0.6) is 0 Å². The monoisotopic (exact) mass is 271 g/mol. The van der Waals surface area contributed by atoms with Gasteiger partial charge in [0.05, 0.1) is 5.75 Å². The maximum absolute atomic E-state index is 11.7. The lowest BCUT2D eigenvalue weighted by Crippen LogP contribution is -2.32. The molecule has 18 heavy (non-hydrogen) atoms. The largest absolute Gasteiger partial charge is 0.316 e. The van der Waals surface area contributed by atoms with Crippen LogP contribution >= 0.6 is 0 Å². The van der Waals surface area contributed by atoms with E-state index in [2.05, 4.69) is 15.0 Å². The molecule has 0 fully saturated rings. The number of nitrogens with one attached hydrogen (secondary N) is 2. The van der Waals surface area contributed by atoms with Crippen molar-refractivity contribution in [3.63, 3.8) is 0 Å². The van der Waals surface area contributed by atoms with Crippen LogP contribution in [0.3, 0.4) is 0 Å². The lowest BCUT2D eigenvalue weighted by molar-refractivity contribution is 0.576. The average molecular weight is 271 g/mol. The highest BCUT2D eigenvalue weighted by molar-refractivity contribution is 7.89. The van der Waals surface area contributed by atoms with Crippen LogP contribution in [0, 0.1) is 6.92 Å². The van der Waals surface area contributed by atoms with Gasteiger partial charge in [-0.1, -0.05) is 6.92 Å². The summed E-state index contributed by atoms with van der Waals surface area (Å²) in [5.41, 5.74) is 1.94. The van der Waals surface area contributed by atoms with Crippen LogP contribution in [0.25, 0.3) is 0 Å². The molecule has 0 amide bonds. The number of nitrogens with zero attached hydrogens (tertiary/aromatic N) is 1. The standard InChI is InChI=1S/C12H21N3O2S/c1-3-5-13-7-8-18(16,17)15-10-12-9-14-6-4-11(12)2/h4,6,9,13,15H,3,5,7-8,10H2,1-2H3. The van der Waals surface area contributed by atoms with Crippen LogP contribution in [-0.4, -0.2) is 32.2 Å². The Bertz CT molecular complexity index is 460. The fourth-order valence-electron chi connectivity index (χ4n) is 1.45. The summed E-state index contributed by atoms with van der Waals surface area (Å²) in [4.78, 5) is 3.99. The van der Waals surface area contributed by atoms with Crippen LogP contribution in [-0.2, 0) is 16.6 Å². The van der Waals surface area contributed by atoms with Gasteiger partial charge in [-0.3, -0.25) is 4.98 Å². The van der Waals surface area contributed by atoms with Crippen LogP contribution < -0.4 is 10.0 Å². The van der Waals surface area contributed by atoms with Crippen molar-refractivity contribution in [2.45, 2.75) is 26.8 Å². The summed E-state index contributed by atoms with van der Waals surface area (Å²) in [6.07, 6.45) is 4.39. The first-order valence-electron chi connectivity index (χ1n) is 6.12. The van der Waals surface area contributed by atoms with Gasteiger partial charge in [0.15, 0.2) is 0 Å². The normalized spacial score (nSPS) is 11.7. The first-order chi connectivity index (χ1) is 8.55. The molecule has 1 aromatic heterocycles. The van der Waals surface area contributed by atoms with Gasteiger partial charge in [-0.15, -0.1) is 0 Å². The molecule has 1 heterocycles. The quantitative estimate of drug-likeness (QED) is 0.686. The first-order valence-corrected chi connectivity index (χ1v) is 7.78. The molecule has 1 aromatic rings. The number of pyridine rings is 1. The molecule has 0 spiro atoms. The Kier molecular flexibility index (Phi) is 6.24. The minimum absolute atomic E-state index is 0.103. The van der Waals surface area contributed by atoms with E-state index in [0.717, 1.165) is 24.1 Å². The zero-order chi connectivity index (χ0) is 13.4. The predicted molar refractivity (Wildman–Crippen MR) is 72.8 cm³/mol. The van der Waals surface area contributed by atoms with E-state index in [1.807, 2.05) is 19.9 Å². The Morgan fingerprint density at radius 1 is 1.33 bits per heavy atom. The SMILES string of the molecule is CCCNCCS(=O)(=O)NCc1cnccc1C.